The molecule has 27 heavy (non-hydrogen) atoms. The maximum absolute atomic E-state index is 5.01. The van der Waals surface area contributed by atoms with Gasteiger partial charge < -0.3 is 0 Å². The van der Waals surface area contributed by atoms with E-state index in [1.165, 1.54) is 21.6 Å². The zero-order chi connectivity index (χ0) is 18.1. The Morgan fingerprint density at radius 1 is 0.704 bits per heavy atom. The number of hydrogen-bond acceptors (Lipinski definition) is 2. The highest BCUT2D eigenvalue weighted by molar-refractivity contribution is 7.79. The lowest BCUT2D eigenvalue weighted by atomic mass is 10.2. The van der Waals surface area contributed by atoms with Gasteiger partial charge in [-0.05, 0) is 10.6 Å². The van der Waals surface area contributed by atoms with Gasteiger partial charge in [-0.2, -0.15) is 0 Å². The van der Waals surface area contributed by atoms with Gasteiger partial charge in [0, 0.05) is 25.1 Å². The second-order valence-electron chi connectivity index (χ2n) is 6.21. The molecule has 0 spiro atoms. The molecule has 2 nitrogen and oxygen atoms in total. The number of hydrogen-bond donors (Lipinski definition) is 0. The molecule has 5 rings (SSSR count). The minimum absolute atomic E-state index is 0.720. The molecule has 0 aliphatic rings. The Labute approximate surface area is 163 Å². The van der Waals surface area contributed by atoms with Crippen LogP contribution in [0.25, 0.3) is 16.2 Å². The molecule has 0 saturated carbocycles. The number of thiazole rings is 1. The lowest BCUT2D eigenvalue weighted by Crippen LogP contribution is -2.24. The van der Waals surface area contributed by atoms with E-state index in [9.17, 15) is 0 Å². The molecule has 0 aliphatic heterocycles. The van der Waals surface area contributed by atoms with Gasteiger partial charge >= 0.3 is 0 Å². The third kappa shape index (κ3) is 2.99. The molecule has 2 heterocycles. The molecular weight excluding hydrogens is 367 g/mol. The molecule has 0 atom stereocenters. The first kappa shape index (κ1) is 16.4. The Bertz CT molecular complexity index is 1120. The van der Waals surface area contributed by atoms with Crippen molar-refractivity contribution in [2.75, 3.05) is 0 Å². The molecule has 0 amide bonds. The van der Waals surface area contributed by atoms with Crippen molar-refractivity contribution in [2.24, 2.45) is 0 Å². The molecule has 0 radical (unpaired) electrons. The first-order valence-corrected chi connectivity index (χ1v) is 11.0. The zero-order valence-corrected chi connectivity index (χ0v) is 16.3. The summed E-state index contributed by atoms with van der Waals surface area (Å²) in [7, 11) is -0.720. The van der Waals surface area contributed by atoms with Gasteiger partial charge in [-0.3, -0.25) is 4.40 Å². The lowest BCUT2D eigenvalue weighted by Gasteiger charge is -2.20. The number of fused-ring (bicyclic) bond motifs is 1. The molecule has 3 aromatic carbocycles. The molecule has 4 heteroatoms. The maximum atomic E-state index is 5.01. The largest absolute Gasteiger partial charge is 0.289 e. The first-order chi connectivity index (χ1) is 13.4. The smallest absolute Gasteiger partial charge is 0.194 e. The van der Waals surface area contributed by atoms with Crippen LogP contribution in [-0.2, 0) is 0 Å². The molecule has 0 fully saturated rings. The van der Waals surface area contributed by atoms with Crippen molar-refractivity contribution in [1.29, 1.82) is 0 Å². The van der Waals surface area contributed by atoms with Gasteiger partial charge in [-0.1, -0.05) is 91.0 Å². The van der Waals surface area contributed by atoms with Crippen LogP contribution in [0.15, 0.2) is 103 Å². The predicted molar refractivity (Wildman–Crippen MR) is 117 cm³/mol. The molecule has 0 saturated heterocycles. The lowest BCUT2D eigenvalue weighted by molar-refractivity contribution is 1.27. The summed E-state index contributed by atoms with van der Waals surface area (Å²) in [5.41, 5.74) is 3.54. The average Bonchev–Trinajstić information content (AvgIpc) is 3.33. The summed E-state index contributed by atoms with van der Waals surface area (Å²) in [6, 6.07) is 32.1. The van der Waals surface area contributed by atoms with E-state index in [1.54, 1.807) is 11.3 Å². The Kier molecular flexibility index (Phi) is 4.33. The Hall–Kier alpha value is -2.74. The number of aromatic nitrogens is 2. The fourth-order valence-electron chi connectivity index (χ4n) is 3.32. The number of rotatable bonds is 4. The first-order valence-electron chi connectivity index (χ1n) is 8.83. The Morgan fingerprint density at radius 2 is 1.26 bits per heavy atom. The molecule has 5 aromatic rings. The van der Waals surface area contributed by atoms with Gasteiger partial charge in [0.25, 0.3) is 0 Å². The van der Waals surface area contributed by atoms with Gasteiger partial charge in [0.05, 0.1) is 11.1 Å². The second kappa shape index (κ2) is 7.11. The van der Waals surface area contributed by atoms with Crippen LogP contribution in [-0.4, -0.2) is 9.38 Å². The fourth-order valence-corrected chi connectivity index (χ4v) is 6.60. The molecule has 2 aromatic heterocycles. The highest BCUT2D eigenvalue weighted by Gasteiger charge is 2.25. The predicted octanol–water partition coefficient (Wildman–Crippen LogP) is 4.82. The van der Waals surface area contributed by atoms with E-state index < -0.39 is 7.92 Å². The normalized spacial score (nSPS) is 11.3. The average molecular weight is 384 g/mol. The summed E-state index contributed by atoms with van der Waals surface area (Å²) < 4.78 is 2.28. The van der Waals surface area contributed by atoms with Crippen molar-refractivity contribution < 1.29 is 0 Å². The zero-order valence-electron chi connectivity index (χ0n) is 14.6. The molecule has 0 bridgehead atoms. The third-order valence-corrected chi connectivity index (χ3v) is 7.76. The SMILES string of the molecule is c1ccc(-c2nc3sccn3c2P(c2ccccc2)c2ccccc2)cc1. The molecule has 0 aliphatic carbocycles. The minimum atomic E-state index is -0.720. The van der Waals surface area contributed by atoms with Gasteiger partial charge in [-0.25, -0.2) is 4.98 Å². The Balaban J connectivity index is 1.82. The van der Waals surface area contributed by atoms with Crippen molar-refractivity contribution in [2.45, 2.75) is 0 Å². The number of benzene rings is 3. The molecular formula is C23H17N2PS. The van der Waals surface area contributed by atoms with E-state index in [2.05, 4.69) is 107 Å². The molecule has 130 valence electrons. The van der Waals surface area contributed by atoms with Crippen molar-refractivity contribution in [3.63, 3.8) is 0 Å². The minimum Gasteiger partial charge on any atom is -0.289 e. The van der Waals surface area contributed by atoms with Crippen LogP contribution in [0, 0.1) is 0 Å². The van der Waals surface area contributed by atoms with Gasteiger partial charge in [0.15, 0.2) is 4.96 Å². The summed E-state index contributed by atoms with van der Waals surface area (Å²) in [4.78, 5) is 6.06. The number of imidazole rings is 1. The fraction of sp³-hybridized carbons (Fsp3) is 0. The van der Waals surface area contributed by atoms with Crippen LogP contribution in [0.2, 0.25) is 0 Å². The van der Waals surface area contributed by atoms with Crippen molar-refractivity contribution in [1.82, 2.24) is 9.38 Å². The van der Waals surface area contributed by atoms with Crippen LogP contribution >= 0.6 is 19.3 Å². The van der Waals surface area contributed by atoms with Crippen molar-refractivity contribution in [3.8, 4) is 11.3 Å². The standard InChI is InChI=1S/C23H17N2PS/c1-4-10-18(11-5-1)21-22(25-16-17-27-23(25)24-21)26(19-12-6-2-7-13-19)20-14-8-3-9-15-20/h1-17H. The van der Waals surface area contributed by atoms with Gasteiger partial charge in [0.2, 0.25) is 0 Å². The topological polar surface area (TPSA) is 17.3 Å². The van der Waals surface area contributed by atoms with Crippen molar-refractivity contribution >= 4 is 40.3 Å². The summed E-state index contributed by atoms with van der Waals surface area (Å²) in [5.74, 6) is 0. The monoisotopic (exact) mass is 384 g/mol. The number of nitrogens with zero attached hydrogens (tertiary/aromatic N) is 2. The summed E-state index contributed by atoms with van der Waals surface area (Å²) in [6.07, 6.45) is 2.15. The van der Waals surface area contributed by atoms with Crippen LogP contribution < -0.4 is 16.0 Å². The summed E-state index contributed by atoms with van der Waals surface area (Å²) in [6.45, 7) is 0. The van der Waals surface area contributed by atoms with E-state index in [4.69, 9.17) is 4.98 Å². The molecule has 0 unspecified atom stereocenters. The van der Waals surface area contributed by atoms with E-state index in [0.29, 0.717) is 0 Å². The highest BCUT2D eigenvalue weighted by atomic mass is 32.1. The molecule has 0 N–H and O–H groups in total. The van der Waals surface area contributed by atoms with Gasteiger partial charge in [-0.15, -0.1) is 11.3 Å². The van der Waals surface area contributed by atoms with E-state index in [-0.39, 0.29) is 0 Å². The van der Waals surface area contributed by atoms with E-state index >= 15 is 0 Å². The van der Waals surface area contributed by atoms with Crippen molar-refractivity contribution in [3.05, 3.63) is 103 Å². The van der Waals surface area contributed by atoms with Crippen LogP contribution in [0.3, 0.4) is 0 Å². The van der Waals surface area contributed by atoms with Gasteiger partial charge in [0.1, 0.15) is 0 Å². The van der Waals surface area contributed by atoms with E-state index in [0.717, 1.165) is 10.7 Å². The highest BCUT2D eigenvalue weighted by Crippen LogP contribution is 2.37. The quantitative estimate of drug-likeness (QED) is 0.406. The second-order valence-corrected chi connectivity index (χ2v) is 9.21. The third-order valence-electron chi connectivity index (χ3n) is 4.52. The summed E-state index contributed by atoms with van der Waals surface area (Å²) >= 11 is 1.69. The van der Waals surface area contributed by atoms with E-state index in [1.807, 2.05) is 0 Å². The summed E-state index contributed by atoms with van der Waals surface area (Å²) in [5, 5.41) is 4.79. The maximum Gasteiger partial charge on any atom is 0.194 e. The van der Waals surface area contributed by atoms with Crippen LogP contribution in [0.4, 0.5) is 0 Å². The van der Waals surface area contributed by atoms with Crippen LogP contribution in [0.1, 0.15) is 0 Å². The van der Waals surface area contributed by atoms with Crippen LogP contribution in [0.5, 0.6) is 0 Å². The Morgan fingerprint density at radius 3 is 1.85 bits per heavy atom.